The monoisotopic (exact) mass is 854 g/mol. The fourth-order valence-electron chi connectivity index (χ4n) is 8.16. The number of benzene rings is 2. The molecule has 2 fully saturated rings. The first kappa shape index (κ1) is 43.7. The largest absolute Gasteiger partial charge is 0.493 e. The summed E-state index contributed by atoms with van der Waals surface area (Å²) in [5.41, 5.74) is 9.33. The molecule has 0 saturated carbocycles. The average molecular weight is 855 g/mol. The Labute approximate surface area is 359 Å². The number of hydrogen-bond acceptors (Lipinski definition) is 10. The molecule has 2 aromatic carbocycles. The molecule has 0 bridgehead atoms. The molecular weight excluding hydrogens is 801 g/mol. The van der Waals surface area contributed by atoms with E-state index in [-0.39, 0.29) is 65.8 Å². The summed E-state index contributed by atoms with van der Waals surface area (Å²) in [6.45, 7) is 1.78. The Bertz CT molecular complexity index is 2280. The van der Waals surface area contributed by atoms with Gasteiger partial charge in [0.05, 0.1) is 36.7 Å². The molecule has 2 unspecified atom stereocenters. The maximum atomic E-state index is 14.0. The van der Waals surface area contributed by atoms with Crippen molar-refractivity contribution in [1.29, 1.82) is 0 Å². The minimum absolute atomic E-state index is 0.0744. The van der Waals surface area contributed by atoms with Crippen LogP contribution in [0.15, 0.2) is 60.9 Å². The number of piperidine rings is 1. The molecule has 2 saturated heterocycles. The van der Waals surface area contributed by atoms with Crippen LogP contribution >= 0.6 is 0 Å². The number of carbonyl (C=O) groups is 5. The zero-order valence-corrected chi connectivity index (χ0v) is 35.2. The second-order valence-electron chi connectivity index (χ2n) is 15.6. The number of methoxy groups -OCH3 is 1. The molecule has 4 aromatic rings. The molecular formula is C44H54N8O10. The van der Waals surface area contributed by atoms with Gasteiger partial charge in [0, 0.05) is 76.5 Å². The predicted molar refractivity (Wildman–Crippen MR) is 230 cm³/mol. The molecule has 18 heteroatoms. The van der Waals surface area contributed by atoms with Gasteiger partial charge in [-0.05, 0) is 80.8 Å². The first-order valence-corrected chi connectivity index (χ1v) is 20.9. The minimum atomic E-state index is -1.28. The maximum Gasteiger partial charge on any atom is 0.414 e. The first-order valence-electron chi connectivity index (χ1n) is 20.9. The van der Waals surface area contributed by atoms with Gasteiger partial charge < -0.3 is 59.8 Å². The van der Waals surface area contributed by atoms with Crippen LogP contribution in [0, 0.1) is 0 Å². The summed E-state index contributed by atoms with van der Waals surface area (Å²) in [7, 11) is 4.94. The number of fused-ring (bicyclic) bond motifs is 2. The summed E-state index contributed by atoms with van der Waals surface area (Å²) in [6, 6.07) is 13.1. The van der Waals surface area contributed by atoms with Crippen molar-refractivity contribution in [3.63, 3.8) is 0 Å². The Morgan fingerprint density at radius 2 is 1.63 bits per heavy atom. The highest BCUT2D eigenvalue weighted by Crippen LogP contribution is 2.42. The molecule has 62 heavy (non-hydrogen) atoms. The number of nitrogens with zero attached hydrogens (tertiary/aromatic N) is 4. The number of carbonyl (C=O) groups excluding carboxylic acids is 4. The minimum Gasteiger partial charge on any atom is -0.493 e. The highest BCUT2D eigenvalue weighted by atomic mass is 16.7. The Hall–Kier alpha value is -6.37. The zero-order valence-electron chi connectivity index (χ0n) is 35.2. The molecule has 18 nitrogen and oxygen atoms in total. The van der Waals surface area contributed by atoms with Gasteiger partial charge in [0.15, 0.2) is 24.0 Å². The van der Waals surface area contributed by atoms with Crippen LogP contribution in [0.5, 0.6) is 11.5 Å². The quantitative estimate of drug-likeness (QED) is 0.0986. The maximum absolute atomic E-state index is 14.0. The highest BCUT2D eigenvalue weighted by molar-refractivity contribution is 6.06. The number of aromatic nitrogens is 2. The zero-order chi connectivity index (χ0) is 43.9. The van der Waals surface area contributed by atoms with Crippen LogP contribution in [0.25, 0.3) is 11.1 Å². The van der Waals surface area contributed by atoms with Crippen LogP contribution in [0.3, 0.4) is 0 Å². The van der Waals surface area contributed by atoms with E-state index in [4.69, 9.17) is 24.7 Å². The normalized spacial score (nSPS) is 18.6. The number of aryl methyl sites for hydroxylation is 2. The highest BCUT2D eigenvalue weighted by Gasteiger charge is 2.46. The number of hydrogen-bond donors (Lipinski definition) is 5. The Kier molecular flexibility index (Phi) is 13.8. The van der Waals surface area contributed by atoms with E-state index in [1.165, 1.54) is 19.2 Å². The smallest absolute Gasteiger partial charge is 0.414 e. The van der Waals surface area contributed by atoms with Crippen molar-refractivity contribution >= 4 is 46.8 Å². The van der Waals surface area contributed by atoms with Crippen LogP contribution in [-0.4, -0.2) is 107 Å². The van der Waals surface area contributed by atoms with E-state index >= 15 is 0 Å². The van der Waals surface area contributed by atoms with Crippen LogP contribution in [0.4, 0.5) is 21.9 Å². The Morgan fingerprint density at radius 1 is 0.871 bits per heavy atom. The van der Waals surface area contributed by atoms with Crippen molar-refractivity contribution in [1.82, 2.24) is 19.4 Å². The summed E-state index contributed by atoms with van der Waals surface area (Å²) in [5, 5.41) is 19.1. The lowest BCUT2D eigenvalue weighted by Gasteiger charge is -2.42. The molecule has 5 amide bonds. The van der Waals surface area contributed by atoms with Gasteiger partial charge in [-0.3, -0.25) is 19.2 Å². The van der Waals surface area contributed by atoms with Gasteiger partial charge in [-0.25, -0.2) is 9.69 Å². The number of nitrogens with two attached hydrogens (primary N) is 1. The molecule has 6 N–H and O–H groups in total. The third-order valence-electron chi connectivity index (χ3n) is 11.3. The van der Waals surface area contributed by atoms with Crippen molar-refractivity contribution in [2.24, 2.45) is 19.8 Å². The third kappa shape index (κ3) is 9.72. The lowest BCUT2D eigenvalue weighted by Crippen LogP contribution is -2.57. The number of amides is 5. The number of ether oxygens (including phenoxy) is 4. The Morgan fingerprint density at radius 3 is 2.35 bits per heavy atom. The van der Waals surface area contributed by atoms with Gasteiger partial charge in [0.1, 0.15) is 11.4 Å². The summed E-state index contributed by atoms with van der Waals surface area (Å²) in [4.78, 5) is 68.6. The van der Waals surface area contributed by atoms with Gasteiger partial charge in [-0.2, -0.15) is 0 Å². The van der Waals surface area contributed by atoms with Gasteiger partial charge >= 0.3 is 6.09 Å². The summed E-state index contributed by atoms with van der Waals surface area (Å²) in [5.74, 6) is -0.742. The first-order chi connectivity index (χ1) is 29.9. The van der Waals surface area contributed by atoms with Crippen molar-refractivity contribution < 1.29 is 48.0 Å². The van der Waals surface area contributed by atoms with Crippen LogP contribution < -0.4 is 36.1 Å². The molecule has 7 rings (SSSR count). The fraction of sp³-hybridized carbons (Fsp3) is 0.432. The van der Waals surface area contributed by atoms with E-state index in [0.717, 1.165) is 41.7 Å². The topological polar surface area (TPSA) is 221 Å². The van der Waals surface area contributed by atoms with Crippen molar-refractivity contribution in [3.05, 3.63) is 77.9 Å². The molecule has 3 aliphatic heterocycles. The lowest BCUT2D eigenvalue weighted by atomic mass is 10.00. The SMILES string of the molecule is COc1cc2c(cc1OCCCC(=O)Nc1cc(C(=O)Nc3ccc(-c4cc(C(=O)NCCN)n(C)c4)cc3)n(C)c1)N(C(=O)O)C(OC1CCCCO1)[C@@H]1CCCCN1C2=O. The van der Waals surface area contributed by atoms with E-state index in [9.17, 15) is 29.1 Å². The van der Waals surface area contributed by atoms with Gasteiger partial charge in [-0.15, -0.1) is 0 Å². The van der Waals surface area contributed by atoms with E-state index in [1.54, 1.807) is 58.6 Å². The lowest BCUT2D eigenvalue weighted by molar-refractivity contribution is -0.198. The second kappa shape index (κ2) is 19.6. The molecule has 330 valence electrons. The van der Waals surface area contributed by atoms with Gasteiger partial charge in [0.25, 0.3) is 17.7 Å². The molecule has 0 aliphatic carbocycles. The fourth-order valence-corrected chi connectivity index (χ4v) is 8.16. The van der Waals surface area contributed by atoms with E-state index < -0.39 is 24.7 Å². The molecule has 5 heterocycles. The molecule has 2 aromatic heterocycles. The van der Waals surface area contributed by atoms with Crippen molar-refractivity contribution in [2.75, 3.05) is 55.5 Å². The van der Waals surface area contributed by atoms with Crippen molar-refractivity contribution in [3.8, 4) is 22.6 Å². The summed E-state index contributed by atoms with van der Waals surface area (Å²) >= 11 is 0. The summed E-state index contributed by atoms with van der Waals surface area (Å²) in [6.07, 6.45) is 5.59. The van der Waals surface area contributed by atoms with Crippen LogP contribution in [0.1, 0.15) is 82.7 Å². The number of carboxylic acid groups (broad SMARTS) is 1. The van der Waals surface area contributed by atoms with Crippen LogP contribution in [-0.2, 0) is 28.4 Å². The summed E-state index contributed by atoms with van der Waals surface area (Å²) < 4.78 is 27.3. The third-order valence-corrected chi connectivity index (χ3v) is 11.3. The number of nitrogens with one attached hydrogen (secondary N) is 3. The molecule has 0 spiro atoms. The van der Waals surface area contributed by atoms with E-state index in [1.807, 2.05) is 18.3 Å². The van der Waals surface area contributed by atoms with Crippen molar-refractivity contribution in [2.45, 2.75) is 69.9 Å². The van der Waals surface area contributed by atoms with E-state index in [2.05, 4.69) is 16.0 Å². The van der Waals surface area contributed by atoms with Gasteiger partial charge in [-0.1, -0.05) is 12.1 Å². The predicted octanol–water partition coefficient (Wildman–Crippen LogP) is 5.14. The molecule has 3 atom stereocenters. The van der Waals surface area contributed by atoms with Gasteiger partial charge in [0.2, 0.25) is 5.91 Å². The van der Waals surface area contributed by atoms with Crippen LogP contribution in [0.2, 0.25) is 0 Å². The standard InChI is InChI=1S/C44H54N8O10/c1-49-25-28(21-34(49)40(54)46-17-16-45)27-12-14-29(15-13-27)48-41(55)35-22-30(26-50(35)2)47-38(53)10-8-20-60-37-24-33-31(23-36(37)59-3)42(56)51-18-6-4-9-32(51)43(52(33)44(57)58)62-39-11-5-7-19-61-39/h12-15,21-26,32,39,43H,4-11,16-20,45H2,1-3H3,(H,46,54)(H,47,53)(H,48,55)(H,57,58)/t32-,39?,43?/m0/s1. The number of rotatable bonds is 15. The average Bonchev–Trinajstić information content (AvgIpc) is 3.82. The molecule has 3 aliphatic rings. The second-order valence-corrected chi connectivity index (χ2v) is 15.6. The number of anilines is 3. The Balaban J connectivity index is 0.957. The molecule has 0 radical (unpaired) electrons. The van der Waals surface area contributed by atoms with E-state index in [0.29, 0.717) is 61.8 Å².